The van der Waals surface area contributed by atoms with Crippen molar-refractivity contribution in [3.63, 3.8) is 0 Å². The molecule has 0 aromatic heterocycles. The van der Waals surface area contributed by atoms with E-state index >= 15 is 0 Å². The van der Waals surface area contributed by atoms with Crippen LogP contribution in [0.4, 0.5) is 0 Å². The van der Waals surface area contributed by atoms with Gasteiger partial charge in [0, 0.05) is 19.3 Å². The molecule has 0 aliphatic heterocycles. The van der Waals surface area contributed by atoms with E-state index in [2.05, 4.69) is 106 Å². The molecule has 0 rings (SSSR count). The van der Waals surface area contributed by atoms with Crippen molar-refractivity contribution in [2.45, 2.75) is 322 Å². The van der Waals surface area contributed by atoms with Crippen molar-refractivity contribution < 1.29 is 28.6 Å². The van der Waals surface area contributed by atoms with Crippen LogP contribution in [0.5, 0.6) is 0 Å². The second kappa shape index (κ2) is 63.1. The average Bonchev–Trinajstić information content (AvgIpc) is 3.41. The molecule has 0 fully saturated rings. The van der Waals surface area contributed by atoms with Crippen molar-refractivity contribution in [3.05, 3.63) is 85.1 Å². The number of esters is 3. The summed E-state index contributed by atoms with van der Waals surface area (Å²) in [6.07, 6.45) is 82.9. The Morgan fingerprint density at radius 1 is 0.280 bits per heavy atom. The lowest BCUT2D eigenvalue weighted by Crippen LogP contribution is -2.30. The summed E-state index contributed by atoms with van der Waals surface area (Å²) in [5, 5.41) is 0. The molecule has 0 heterocycles. The maximum absolute atomic E-state index is 12.9. The molecule has 0 radical (unpaired) electrons. The van der Waals surface area contributed by atoms with E-state index in [9.17, 15) is 14.4 Å². The van der Waals surface area contributed by atoms with Gasteiger partial charge in [-0.15, -0.1) is 0 Å². The molecule has 0 aliphatic rings. The first-order chi connectivity index (χ1) is 37.0. The topological polar surface area (TPSA) is 78.9 Å². The highest BCUT2D eigenvalue weighted by atomic mass is 16.6. The zero-order valence-corrected chi connectivity index (χ0v) is 49.6. The van der Waals surface area contributed by atoms with Gasteiger partial charge >= 0.3 is 17.9 Å². The standard InChI is InChI=1S/C69H120O6/c1-4-7-10-13-16-19-22-25-28-31-32-33-34-35-36-37-38-39-42-44-47-50-53-56-59-62-68(71)74-65-66(75-69(72)63-60-57-54-51-48-45-41-30-27-24-21-18-15-12-9-6-3)64-73-67(70)61-58-55-52-49-46-43-40-29-26-23-20-17-14-11-8-5-2/h7,10,16,19,21,24-25,28,30,32-33,35-36,41,66H,4-6,8-9,11-15,17-18,20,22-23,26-27,29,31,34,37-40,42-65H2,1-3H3/b10-7-,19-16-,24-21-,28-25-,33-32-,36-35-,41-30-. The van der Waals surface area contributed by atoms with Crippen LogP contribution in [0.3, 0.4) is 0 Å². The van der Waals surface area contributed by atoms with Gasteiger partial charge in [-0.3, -0.25) is 14.4 Å². The van der Waals surface area contributed by atoms with Crippen LogP contribution in [-0.4, -0.2) is 37.2 Å². The molecule has 0 aliphatic carbocycles. The van der Waals surface area contributed by atoms with E-state index < -0.39 is 6.10 Å². The normalized spacial score (nSPS) is 12.6. The van der Waals surface area contributed by atoms with Crippen molar-refractivity contribution >= 4 is 17.9 Å². The highest BCUT2D eigenvalue weighted by Gasteiger charge is 2.19. The van der Waals surface area contributed by atoms with Crippen LogP contribution in [0, 0.1) is 0 Å². The molecule has 6 nitrogen and oxygen atoms in total. The molecule has 1 atom stereocenters. The summed E-state index contributed by atoms with van der Waals surface area (Å²) in [4.78, 5) is 38.3. The van der Waals surface area contributed by atoms with Crippen LogP contribution >= 0.6 is 0 Å². The van der Waals surface area contributed by atoms with Gasteiger partial charge in [0.1, 0.15) is 13.2 Å². The Hall–Kier alpha value is -3.41. The fourth-order valence-corrected chi connectivity index (χ4v) is 9.09. The quantitative estimate of drug-likeness (QED) is 0.0261. The van der Waals surface area contributed by atoms with Crippen LogP contribution in [0.15, 0.2) is 85.1 Å². The number of carbonyl (C=O) groups is 3. The van der Waals surface area contributed by atoms with E-state index in [1.165, 1.54) is 154 Å². The SMILES string of the molecule is CC/C=C\C/C=C\C/C=C\C/C=C\C/C=C\CCCCCCCCCCCC(=O)OCC(COC(=O)CCCCCCCCCCCCCCCCCC)OC(=O)CCCCCCC/C=C\C/C=C\CCCCCC. The minimum atomic E-state index is -0.786. The van der Waals surface area contributed by atoms with E-state index in [0.717, 1.165) is 122 Å². The molecule has 1 unspecified atom stereocenters. The molecule has 0 saturated carbocycles. The van der Waals surface area contributed by atoms with E-state index in [4.69, 9.17) is 14.2 Å². The van der Waals surface area contributed by atoms with Crippen LogP contribution < -0.4 is 0 Å². The number of hydrogen-bond acceptors (Lipinski definition) is 6. The third kappa shape index (κ3) is 61.3. The number of rotatable bonds is 58. The van der Waals surface area contributed by atoms with Gasteiger partial charge in [0.15, 0.2) is 6.10 Å². The van der Waals surface area contributed by atoms with E-state index in [1.54, 1.807) is 0 Å². The zero-order chi connectivity index (χ0) is 54.3. The fourth-order valence-electron chi connectivity index (χ4n) is 9.09. The maximum atomic E-state index is 12.9. The molecular formula is C69H120O6. The van der Waals surface area contributed by atoms with Gasteiger partial charge in [0.2, 0.25) is 0 Å². The molecule has 0 spiro atoms. The van der Waals surface area contributed by atoms with Gasteiger partial charge in [0.25, 0.3) is 0 Å². The highest BCUT2D eigenvalue weighted by Crippen LogP contribution is 2.16. The van der Waals surface area contributed by atoms with Gasteiger partial charge in [-0.25, -0.2) is 0 Å². The third-order valence-electron chi connectivity index (χ3n) is 13.9. The molecule has 0 aromatic carbocycles. The highest BCUT2D eigenvalue weighted by molar-refractivity contribution is 5.71. The molecule has 0 N–H and O–H groups in total. The number of allylic oxidation sites excluding steroid dienone is 14. The average molecular weight is 1050 g/mol. The summed E-state index contributed by atoms with van der Waals surface area (Å²) >= 11 is 0. The Bertz CT molecular complexity index is 1430. The summed E-state index contributed by atoms with van der Waals surface area (Å²) in [5.41, 5.74) is 0. The van der Waals surface area contributed by atoms with Gasteiger partial charge in [0.05, 0.1) is 0 Å². The molecule has 0 aromatic rings. The van der Waals surface area contributed by atoms with E-state index in [1.807, 2.05) is 0 Å². The zero-order valence-electron chi connectivity index (χ0n) is 49.6. The first-order valence-corrected chi connectivity index (χ1v) is 32.1. The predicted octanol–water partition coefficient (Wildman–Crippen LogP) is 21.9. The summed E-state index contributed by atoms with van der Waals surface area (Å²) < 4.78 is 16.9. The Kier molecular flexibility index (Phi) is 60.3. The molecular weight excluding hydrogens is 925 g/mol. The lowest BCUT2D eigenvalue weighted by atomic mass is 10.0. The molecule has 432 valence electrons. The Morgan fingerprint density at radius 3 is 0.827 bits per heavy atom. The lowest BCUT2D eigenvalue weighted by Gasteiger charge is -2.18. The Labute approximate surface area is 465 Å². The minimum Gasteiger partial charge on any atom is -0.462 e. The van der Waals surface area contributed by atoms with Gasteiger partial charge in [-0.05, 0) is 96.3 Å². The molecule has 6 heteroatoms. The van der Waals surface area contributed by atoms with Crippen LogP contribution in [-0.2, 0) is 28.6 Å². The number of hydrogen-bond donors (Lipinski definition) is 0. The van der Waals surface area contributed by atoms with Gasteiger partial charge < -0.3 is 14.2 Å². The first-order valence-electron chi connectivity index (χ1n) is 32.1. The van der Waals surface area contributed by atoms with Crippen molar-refractivity contribution in [2.24, 2.45) is 0 Å². The number of ether oxygens (including phenoxy) is 3. The van der Waals surface area contributed by atoms with Gasteiger partial charge in [-0.2, -0.15) is 0 Å². The monoisotopic (exact) mass is 1040 g/mol. The number of carbonyl (C=O) groups excluding carboxylic acids is 3. The molecule has 0 bridgehead atoms. The second-order valence-electron chi connectivity index (χ2n) is 21.3. The van der Waals surface area contributed by atoms with Crippen LogP contribution in [0.25, 0.3) is 0 Å². The van der Waals surface area contributed by atoms with Crippen molar-refractivity contribution in [1.82, 2.24) is 0 Å². The molecule has 75 heavy (non-hydrogen) atoms. The lowest BCUT2D eigenvalue weighted by molar-refractivity contribution is -0.167. The van der Waals surface area contributed by atoms with E-state index in [0.29, 0.717) is 19.3 Å². The number of unbranched alkanes of at least 4 members (excludes halogenated alkanes) is 33. The Morgan fingerprint density at radius 2 is 0.520 bits per heavy atom. The molecule has 0 saturated heterocycles. The molecule has 0 amide bonds. The van der Waals surface area contributed by atoms with Crippen LogP contribution in [0.1, 0.15) is 316 Å². The second-order valence-corrected chi connectivity index (χ2v) is 21.3. The smallest absolute Gasteiger partial charge is 0.306 e. The van der Waals surface area contributed by atoms with Gasteiger partial charge in [-0.1, -0.05) is 286 Å². The van der Waals surface area contributed by atoms with E-state index in [-0.39, 0.29) is 31.1 Å². The van der Waals surface area contributed by atoms with Crippen molar-refractivity contribution in [2.75, 3.05) is 13.2 Å². The fraction of sp³-hybridized carbons (Fsp3) is 0.754. The van der Waals surface area contributed by atoms with Crippen LogP contribution in [0.2, 0.25) is 0 Å². The summed E-state index contributed by atoms with van der Waals surface area (Å²) in [7, 11) is 0. The largest absolute Gasteiger partial charge is 0.462 e. The third-order valence-corrected chi connectivity index (χ3v) is 13.9. The van der Waals surface area contributed by atoms with Crippen molar-refractivity contribution in [1.29, 1.82) is 0 Å². The summed E-state index contributed by atoms with van der Waals surface area (Å²) in [6.45, 7) is 6.53. The summed E-state index contributed by atoms with van der Waals surface area (Å²) in [5.74, 6) is -0.887. The minimum absolute atomic E-state index is 0.0810. The van der Waals surface area contributed by atoms with Crippen molar-refractivity contribution in [3.8, 4) is 0 Å². The predicted molar refractivity (Wildman–Crippen MR) is 325 cm³/mol. The Balaban J connectivity index is 4.35. The first kappa shape index (κ1) is 71.6. The summed E-state index contributed by atoms with van der Waals surface area (Å²) in [6, 6.07) is 0. The maximum Gasteiger partial charge on any atom is 0.306 e.